The topological polar surface area (TPSA) is 3.88 Å². The first-order chi connectivity index (χ1) is 17.3. The van der Waals surface area contributed by atoms with Crippen LogP contribution in [0.25, 0.3) is 11.3 Å². The highest BCUT2D eigenvalue weighted by atomic mass is 14.9. The third-order valence-corrected chi connectivity index (χ3v) is 7.94. The number of rotatable bonds is 4. The van der Waals surface area contributed by atoms with Crippen LogP contribution in [0.1, 0.15) is 65.3 Å². The maximum Gasteiger partial charge on any atom is 0.242 e. The van der Waals surface area contributed by atoms with Crippen molar-refractivity contribution in [2.24, 2.45) is 7.05 Å². The van der Waals surface area contributed by atoms with Crippen LogP contribution in [-0.4, -0.2) is 6.71 Å². The summed E-state index contributed by atoms with van der Waals surface area (Å²) in [6.07, 6.45) is 2.21. The number of nitrogens with zero attached hydrogens (tertiary/aromatic N) is 1. The van der Waals surface area contributed by atoms with Gasteiger partial charge in [-0.1, -0.05) is 113 Å². The van der Waals surface area contributed by atoms with Gasteiger partial charge in [-0.25, -0.2) is 4.57 Å². The molecular weight excluding hydrogens is 445 g/mol. The van der Waals surface area contributed by atoms with Crippen molar-refractivity contribution in [2.75, 3.05) is 0 Å². The van der Waals surface area contributed by atoms with Crippen LogP contribution in [0, 0.1) is 48.5 Å². The summed E-state index contributed by atoms with van der Waals surface area (Å²) in [7, 11) is 2.16. The molecule has 190 valence electrons. The molecule has 0 N–H and O–H groups in total. The van der Waals surface area contributed by atoms with E-state index in [1.54, 1.807) is 0 Å². The summed E-state index contributed by atoms with van der Waals surface area (Å²) < 4.78 is 2.26. The zero-order valence-electron chi connectivity index (χ0n) is 24.8. The second-order valence-corrected chi connectivity index (χ2v) is 12.3. The van der Waals surface area contributed by atoms with Gasteiger partial charge >= 0.3 is 0 Å². The molecule has 0 spiro atoms. The van der Waals surface area contributed by atoms with E-state index < -0.39 is 0 Å². The number of benzene rings is 3. The second kappa shape index (κ2) is 9.97. The molecule has 0 amide bonds. The molecule has 0 bridgehead atoms. The first kappa shape index (κ1) is 26.9. The zero-order chi connectivity index (χ0) is 27.2. The minimum atomic E-state index is 0.101. The second-order valence-electron chi connectivity index (χ2n) is 12.3. The molecule has 0 aliphatic rings. The van der Waals surface area contributed by atoms with Crippen molar-refractivity contribution < 1.29 is 4.57 Å². The molecule has 4 aromatic rings. The molecule has 0 saturated heterocycles. The number of pyridine rings is 1. The zero-order valence-corrected chi connectivity index (χ0v) is 24.8. The van der Waals surface area contributed by atoms with E-state index in [-0.39, 0.29) is 12.1 Å². The lowest BCUT2D eigenvalue weighted by molar-refractivity contribution is -0.660. The smallest absolute Gasteiger partial charge is 0.201 e. The van der Waals surface area contributed by atoms with Gasteiger partial charge in [-0.05, 0) is 65.0 Å². The summed E-state index contributed by atoms with van der Waals surface area (Å²) in [5.74, 6) is 0. The van der Waals surface area contributed by atoms with Crippen molar-refractivity contribution >= 4 is 23.1 Å². The van der Waals surface area contributed by atoms with Crippen LogP contribution in [-0.2, 0) is 12.5 Å². The van der Waals surface area contributed by atoms with Crippen LogP contribution in [0.3, 0.4) is 0 Å². The Hall–Kier alpha value is -3.13. The average Bonchev–Trinajstić information content (AvgIpc) is 2.77. The number of hydrogen-bond acceptors (Lipinski definition) is 0. The Morgan fingerprint density at radius 3 is 1.54 bits per heavy atom. The largest absolute Gasteiger partial charge is 0.242 e. The van der Waals surface area contributed by atoms with E-state index in [9.17, 15) is 0 Å². The molecule has 1 aromatic heterocycles. The number of aromatic nitrogens is 1. The molecule has 0 unspecified atom stereocenters. The molecular formula is C35H43BN+. The van der Waals surface area contributed by atoms with Crippen molar-refractivity contribution in [3.05, 3.63) is 105 Å². The van der Waals surface area contributed by atoms with E-state index in [4.69, 9.17) is 0 Å². The lowest BCUT2D eigenvalue weighted by Gasteiger charge is -2.25. The van der Waals surface area contributed by atoms with Gasteiger partial charge in [0.25, 0.3) is 0 Å². The molecule has 3 aromatic carbocycles. The Morgan fingerprint density at radius 2 is 1.08 bits per heavy atom. The average molecular weight is 489 g/mol. The third-order valence-electron chi connectivity index (χ3n) is 7.94. The van der Waals surface area contributed by atoms with Gasteiger partial charge in [-0.3, -0.25) is 0 Å². The Bertz CT molecular complexity index is 1380. The van der Waals surface area contributed by atoms with Crippen LogP contribution in [0.4, 0.5) is 0 Å². The third kappa shape index (κ3) is 5.30. The fraction of sp³-hybridized carbons (Fsp3) is 0.343. The monoisotopic (exact) mass is 488 g/mol. The van der Waals surface area contributed by atoms with Crippen LogP contribution >= 0.6 is 0 Å². The van der Waals surface area contributed by atoms with Crippen LogP contribution < -0.4 is 21.0 Å². The maximum absolute atomic E-state index is 2.46. The van der Waals surface area contributed by atoms with Crippen LogP contribution in [0.2, 0.25) is 0 Å². The van der Waals surface area contributed by atoms with E-state index >= 15 is 0 Å². The molecule has 0 atom stereocenters. The molecule has 0 aliphatic heterocycles. The lowest BCUT2D eigenvalue weighted by atomic mass is 9.34. The molecule has 0 fully saturated rings. The summed E-state index contributed by atoms with van der Waals surface area (Å²) in [6.45, 7) is 22.8. The number of hydrogen-bond donors (Lipinski definition) is 0. The molecule has 1 nitrogen and oxygen atoms in total. The fourth-order valence-electron chi connectivity index (χ4n) is 6.17. The van der Waals surface area contributed by atoms with E-state index in [1.165, 1.54) is 72.2 Å². The van der Waals surface area contributed by atoms with Crippen molar-refractivity contribution in [3.8, 4) is 11.3 Å². The molecule has 0 radical (unpaired) electrons. The standard InChI is InChI=1S/C35H43BN/c1-22-16-25(4)33(26(5)17-22)36(34-27(6)18-23(2)19-28(34)7)30-13-12-24(3)31(21-30)32-20-29(35(8,9)10)14-15-37(32)11/h12-21H,1-11H3/q+1. The molecule has 37 heavy (non-hydrogen) atoms. The minimum Gasteiger partial charge on any atom is -0.201 e. The van der Waals surface area contributed by atoms with Gasteiger partial charge in [0.05, 0.1) is 0 Å². The van der Waals surface area contributed by atoms with E-state index in [0.29, 0.717) is 0 Å². The van der Waals surface area contributed by atoms with Crippen molar-refractivity contribution in [2.45, 2.75) is 74.7 Å². The first-order valence-corrected chi connectivity index (χ1v) is 13.5. The SMILES string of the molecule is Cc1cc(C)c(B(c2ccc(C)c(-c3cc(C(C)(C)C)cc[n+]3C)c2)c2c(C)cc(C)cc2C)c(C)c1. The Labute approximate surface area is 225 Å². The Morgan fingerprint density at radius 1 is 0.595 bits per heavy atom. The van der Waals surface area contributed by atoms with Crippen LogP contribution in [0.15, 0.2) is 60.8 Å². The number of aryl methyl sites for hydroxylation is 8. The minimum absolute atomic E-state index is 0.101. The molecule has 2 heteroatoms. The lowest BCUT2D eigenvalue weighted by Crippen LogP contribution is -2.56. The summed E-state index contributed by atoms with van der Waals surface area (Å²) in [4.78, 5) is 0. The van der Waals surface area contributed by atoms with Gasteiger partial charge in [0, 0.05) is 17.7 Å². The molecule has 0 saturated carbocycles. The quantitative estimate of drug-likeness (QED) is 0.240. The summed E-state index contributed by atoms with van der Waals surface area (Å²) in [6, 6.07) is 21.1. The van der Waals surface area contributed by atoms with Gasteiger partial charge in [0.2, 0.25) is 12.4 Å². The normalized spacial score (nSPS) is 11.6. The van der Waals surface area contributed by atoms with Gasteiger partial charge in [-0.15, -0.1) is 0 Å². The first-order valence-electron chi connectivity index (χ1n) is 13.5. The van der Waals surface area contributed by atoms with E-state index in [2.05, 4.69) is 142 Å². The summed E-state index contributed by atoms with van der Waals surface area (Å²) >= 11 is 0. The summed E-state index contributed by atoms with van der Waals surface area (Å²) in [5, 5.41) is 0. The van der Waals surface area contributed by atoms with Crippen molar-refractivity contribution in [3.63, 3.8) is 0 Å². The highest BCUT2D eigenvalue weighted by Crippen LogP contribution is 2.27. The predicted molar refractivity (Wildman–Crippen MR) is 162 cm³/mol. The molecule has 1 heterocycles. The van der Waals surface area contributed by atoms with Gasteiger partial charge < -0.3 is 0 Å². The van der Waals surface area contributed by atoms with Crippen molar-refractivity contribution in [1.82, 2.24) is 0 Å². The fourth-order valence-corrected chi connectivity index (χ4v) is 6.17. The van der Waals surface area contributed by atoms with Gasteiger partial charge in [-0.2, -0.15) is 0 Å². The Kier molecular flexibility index (Phi) is 7.26. The molecule has 4 rings (SSSR count). The predicted octanol–water partition coefficient (Wildman–Crippen LogP) is 6.15. The molecule has 0 aliphatic carbocycles. The van der Waals surface area contributed by atoms with E-state index in [1.807, 2.05) is 0 Å². The Balaban J connectivity index is 2.03. The van der Waals surface area contributed by atoms with Crippen LogP contribution in [0.5, 0.6) is 0 Å². The summed E-state index contributed by atoms with van der Waals surface area (Å²) in [5.41, 5.74) is 17.7. The highest BCUT2D eigenvalue weighted by molar-refractivity contribution is 6.96. The van der Waals surface area contributed by atoms with Gasteiger partial charge in [0.15, 0.2) is 6.20 Å². The van der Waals surface area contributed by atoms with Gasteiger partial charge in [0.1, 0.15) is 7.05 Å². The maximum atomic E-state index is 2.46. The van der Waals surface area contributed by atoms with E-state index in [0.717, 1.165) is 0 Å². The highest BCUT2D eigenvalue weighted by Gasteiger charge is 2.30. The van der Waals surface area contributed by atoms with Crippen molar-refractivity contribution in [1.29, 1.82) is 0 Å².